The second-order valence-electron chi connectivity index (χ2n) is 8.59. The Morgan fingerprint density at radius 2 is 1.82 bits per heavy atom. The highest BCUT2D eigenvalue weighted by molar-refractivity contribution is 5.76. The molecule has 180 valence electrons. The number of imidazole rings is 1. The van der Waals surface area contributed by atoms with Crippen molar-refractivity contribution in [2.75, 3.05) is 7.05 Å². The first-order valence-corrected chi connectivity index (χ1v) is 11.9. The average Bonchev–Trinajstić information content (AvgIpc) is 3.35. The summed E-state index contributed by atoms with van der Waals surface area (Å²) in [5.41, 5.74) is -0.0240. The van der Waals surface area contributed by atoms with Crippen molar-refractivity contribution in [1.82, 2.24) is 24.0 Å². The van der Waals surface area contributed by atoms with Gasteiger partial charge in [0, 0.05) is 33.0 Å². The molecule has 3 aromatic rings. The molecule has 3 rings (SSSR count). The van der Waals surface area contributed by atoms with Crippen molar-refractivity contribution in [3.05, 3.63) is 50.3 Å². The lowest BCUT2D eigenvalue weighted by atomic mass is 10.2. The smallest absolute Gasteiger partial charge is 0.330 e. The number of hydrogen-bond donors (Lipinski definition) is 1. The van der Waals surface area contributed by atoms with E-state index in [9.17, 15) is 14.4 Å². The number of amides is 1. The molecule has 0 saturated carbocycles. The van der Waals surface area contributed by atoms with Crippen LogP contribution in [0.3, 0.4) is 0 Å². The molecule has 0 unspecified atom stereocenters. The number of aromatic amines is 1. The minimum absolute atomic E-state index is 0.0338. The zero-order valence-electron chi connectivity index (χ0n) is 20.1. The van der Waals surface area contributed by atoms with E-state index < -0.39 is 11.2 Å². The Hall–Kier alpha value is -3.10. The van der Waals surface area contributed by atoms with Crippen LogP contribution in [0, 0.1) is 6.92 Å². The minimum atomic E-state index is -0.435. The summed E-state index contributed by atoms with van der Waals surface area (Å²) >= 11 is 0. The Balaban J connectivity index is 1.87. The van der Waals surface area contributed by atoms with E-state index in [1.54, 1.807) is 16.5 Å². The molecule has 0 fully saturated rings. The second kappa shape index (κ2) is 11.2. The van der Waals surface area contributed by atoms with Crippen LogP contribution in [-0.2, 0) is 30.8 Å². The third-order valence-electron chi connectivity index (χ3n) is 5.86. The van der Waals surface area contributed by atoms with Crippen molar-refractivity contribution in [3.8, 4) is 0 Å². The highest BCUT2D eigenvalue weighted by Crippen LogP contribution is 2.16. The highest BCUT2D eigenvalue weighted by Gasteiger charge is 2.20. The Kier molecular flexibility index (Phi) is 8.30. The van der Waals surface area contributed by atoms with Gasteiger partial charge in [-0.2, -0.15) is 0 Å². The fourth-order valence-corrected chi connectivity index (χ4v) is 3.99. The number of rotatable bonds is 12. The van der Waals surface area contributed by atoms with Gasteiger partial charge in [-0.25, -0.2) is 9.78 Å². The predicted octanol–water partition coefficient (Wildman–Crippen LogP) is 3.37. The molecule has 3 aromatic heterocycles. The predicted molar refractivity (Wildman–Crippen MR) is 127 cm³/mol. The zero-order chi connectivity index (χ0) is 24.0. The lowest BCUT2D eigenvalue weighted by Crippen LogP contribution is -2.31. The first-order valence-electron chi connectivity index (χ1n) is 11.9. The standard InChI is InChI=1S/C24H35N5O4/c1-5-7-9-15-28-19(12-13-20(30)27(4)16-18-11-10-17(3)33-18)25-22-21(28)23(31)26-24(32)29(22)14-8-6-2/h10-11H,5-9,12-16H2,1-4H3,(H,26,31,32). The van der Waals surface area contributed by atoms with E-state index in [2.05, 4.69) is 18.8 Å². The number of furan rings is 1. The molecule has 0 bridgehead atoms. The number of H-pyrrole nitrogens is 1. The number of fused-ring (bicyclic) bond motifs is 1. The Labute approximate surface area is 193 Å². The SMILES string of the molecule is CCCCCn1c(CCC(=O)N(C)Cc2ccc(C)o2)nc2c1c(=O)[nH]c(=O)n2CCCC. The molecule has 0 aliphatic carbocycles. The Morgan fingerprint density at radius 1 is 1.09 bits per heavy atom. The number of nitrogens with one attached hydrogen (secondary N) is 1. The van der Waals surface area contributed by atoms with Gasteiger partial charge >= 0.3 is 5.69 Å². The number of unbranched alkanes of at least 4 members (excludes halogenated alkanes) is 3. The number of aromatic nitrogens is 4. The van der Waals surface area contributed by atoms with Crippen molar-refractivity contribution < 1.29 is 9.21 Å². The van der Waals surface area contributed by atoms with Crippen LogP contribution in [0.2, 0.25) is 0 Å². The molecule has 9 heteroatoms. The number of carbonyl (C=O) groups excluding carboxylic acids is 1. The fraction of sp³-hybridized carbons (Fsp3) is 0.583. The number of nitrogens with zero attached hydrogens (tertiary/aromatic N) is 4. The van der Waals surface area contributed by atoms with Crippen LogP contribution in [0.1, 0.15) is 69.7 Å². The van der Waals surface area contributed by atoms with Crippen LogP contribution < -0.4 is 11.2 Å². The topological polar surface area (TPSA) is 106 Å². The largest absolute Gasteiger partial charge is 0.464 e. The van der Waals surface area contributed by atoms with E-state index in [0.717, 1.165) is 43.6 Å². The van der Waals surface area contributed by atoms with E-state index in [1.807, 2.05) is 23.6 Å². The second-order valence-corrected chi connectivity index (χ2v) is 8.59. The molecule has 0 aliphatic heterocycles. The summed E-state index contributed by atoms with van der Waals surface area (Å²) in [5.74, 6) is 2.18. The maximum absolute atomic E-state index is 12.8. The first kappa shape index (κ1) is 24.5. The molecule has 9 nitrogen and oxygen atoms in total. The lowest BCUT2D eigenvalue weighted by molar-refractivity contribution is -0.130. The summed E-state index contributed by atoms with van der Waals surface area (Å²) < 4.78 is 9.02. The molecule has 0 aliphatic rings. The van der Waals surface area contributed by atoms with Gasteiger partial charge in [0.25, 0.3) is 5.56 Å². The van der Waals surface area contributed by atoms with E-state index in [4.69, 9.17) is 9.40 Å². The molecule has 1 amide bonds. The van der Waals surface area contributed by atoms with Crippen molar-refractivity contribution >= 4 is 17.1 Å². The van der Waals surface area contributed by atoms with Crippen molar-refractivity contribution in [2.24, 2.45) is 0 Å². The van der Waals surface area contributed by atoms with Crippen LogP contribution in [0.4, 0.5) is 0 Å². The highest BCUT2D eigenvalue weighted by atomic mass is 16.3. The van der Waals surface area contributed by atoms with E-state index in [1.165, 1.54) is 0 Å². The third kappa shape index (κ3) is 5.83. The van der Waals surface area contributed by atoms with Gasteiger partial charge in [0.2, 0.25) is 5.91 Å². The van der Waals surface area contributed by atoms with Crippen LogP contribution in [0.5, 0.6) is 0 Å². The monoisotopic (exact) mass is 457 g/mol. The van der Waals surface area contributed by atoms with E-state index in [0.29, 0.717) is 43.0 Å². The normalized spacial score (nSPS) is 11.4. The maximum Gasteiger partial charge on any atom is 0.330 e. The van der Waals surface area contributed by atoms with E-state index in [-0.39, 0.29) is 12.3 Å². The summed E-state index contributed by atoms with van der Waals surface area (Å²) in [6.07, 6.45) is 5.36. The van der Waals surface area contributed by atoms with Crippen LogP contribution >= 0.6 is 0 Å². The van der Waals surface area contributed by atoms with Gasteiger partial charge in [-0.05, 0) is 31.9 Å². The molecule has 0 spiro atoms. The Morgan fingerprint density at radius 3 is 2.48 bits per heavy atom. The first-order chi connectivity index (χ1) is 15.8. The van der Waals surface area contributed by atoms with Crippen molar-refractivity contribution in [3.63, 3.8) is 0 Å². The lowest BCUT2D eigenvalue weighted by Gasteiger charge is -2.16. The fourth-order valence-electron chi connectivity index (χ4n) is 3.99. The van der Waals surface area contributed by atoms with Gasteiger partial charge in [-0.3, -0.25) is 19.1 Å². The summed E-state index contributed by atoms with van der Waals surface area (Å²) in [5, 5.41) is 0. The third-order valence-corrected chi connectivity index (χ3v) is 5.86. The summed E-state index contributed by atoms with van der Waals surface area (Å²) in [6, 6.07) is 3.75. The number of hydrogen-bond acceptors (Lipinski definition) is 5. The number of carbonyl (C=O) groups is 1. The van der Waals surface area contributed by atoms with Crippen LogP contribution in [-0.4, -0.2) is 37.0 Å². The number of aryl methyl sites for hydroxylation is 4. The maximum atomic E-state index is 12.8. The molecule has 0 atom stereocenters. The van der Waals surface area contributed by atoms with Gasteiger partial charge in [0.15, 0.2) is 11.2 Å². The average molecular weight is 458 g/mol. The molecular formula is C24H35N5O4. The van der Waals surface area contributed by atoms with Gasteiger partial charge in [-0.15, -0.1) is 0 Å². The zero-order valence-corrected chi connectivity index (χ0v) is 20.1. The van der Waals surface area contributed by atoms with Gasteiger partial charge < -0.3 is 13.9 Å². The Bertz CT molecular complexity index is 1200. The van der Waals surface area contributed by atoms with Gasteiger partial charge in [0.1, 0.15) is 17.3 Å². The van der Waals surface area contributed by atoms with Crippen LogP contribution in [0.15, 0.2) is 26.1 Å². The van der Waals surface area contributed by atoms with Gasteiger partial charge in [-0.1, -0.05) is 33.1 Å². The molecule has 3 heterocycles. The van der Waals surface area contributed by atoms with E-state index >= 15 is 0 Å². The summed E-state index contributed by atoms with van der Waals surface area (Å²) in [4.78, 5) is 46.7. The van der Waals surface area contributed by atoms with Crippen molar-refractivity contribution in [2.45, 2.75) is 85.4 Å². The summed E-state index contributed by atoms with van der Waals surface area (Å²) in [6.45, 7) is 7.57. The molecule has 0 radical (unpaired) electrons. The minimum Gasteiger partial charge on any atom is -0.464 e. The molecule has 0 saturated heterocycles. The summed E-state index contributed by atoms with van der Waals surface area (Å²) in [7, 11) is 1.75. The van der Waals surface area contributed by atoms with Crippen molar-refractivity contribution in [1.29, 1.82) is 0 Å². The molecular weight excluding hydrogens is 422 g/mol. The molecule has 0 aromatic carbocycles. The molecule has 33 heavy (non-hydrogen) atoms. The van der Waals surface area contributed by atoms with Crippen LogP contribution in [0.25, 0.3) is 11.2 Å². The molecule has 1 N–H and O–H groups in total. The quantitative estimate of drug-likeness (QED) is 0.420. The van der Waals surface area contributed by atoms with Gasteiger partial charge in [0.05, 0.1) is 6.54 Å².